The molecule has 1 atom stereocenters. The van der Waals surface area contributed by atoms with Crippen molar-refractivity contribution in [2.75, 3.05) is 20.3 Å². The molecule has 16 heavy (non-hydrogen) atoms. The quantitative estimate of drug-likeness (QED) is 0.778. The van der Waals surface area contributed by atoms with Crippen LogP contribution in [0.1, 0.15) is 31.2 Å². The Bertz CT molecular complexity index is 312. The molecule has 2 rings (SSSR count). The van der Waals surface area contributed by atoms with E-state index >= 15 is 0 Å². The second-order valence-corrected chi connectivity index (χ2v) is 4.51. The van der Waals surface area contributed by atoms with Crippen LogP contribution in [0.5, 0.6) is 5.75 Å². The summed E-state index contributed by atoms with van der Waals surface area (Å²) in [6.45, 7) is 4.16. The molecule has 1 aromatic carbocycles. The Morgan fingerprint density at radius 1 is 1.19 bits per heavy atom. The molecule has 1 heterocycles. The predicted molar refractivity (Wildman–Crippen MR) is 65.0 cm³/mol. The van der Waals surface area contributed by atoms with Crippen LogP contribution in [0.15, 0.2) is 24.3 Å². The van der Waals surface area contributed by atoms with E-state index in [-0.39, 0.29) is 0 Å². The van der Waals surface area contributed by atoms with Crippen LogP contribution in [-0.4, -0.2) is 20.3 Å². The topological polar surface area (TPSA) is 18.5 Å². The summed E-state index contributed by atoms with van der Waals surface area (Å²) in [5, 5.41) is 0. The molecule has 2 heteroatoms. The van der Waals surface area contributed by atoms with E-state index in [2.05, 4.69) is 19.1 Å². The van der Waals surface area contributed by atoms with Crippen LogP contribution in [-0.2, 0) is 4.74 Å². The van der Waals surface area contributed by atoms with Gasteiger partial charge in [-0.15, -0.1) is 0 Å². The first-order valence-corrected chi connectivity index (χ1v) is 6.03. The molecule has 1 aliphatic heterocycles. The van der Waals surface area contributed by atoms with Crippen molar-refractivity contribution in [1.82, 2.24) is 0 Å². The van der Waals surface area contributed by atoms with E-state index in [1.54, 1.807) is 7.11 Å². The molecule has 0 aliphatic carbocycles. The van der Waals surface area contributed by atoms with Crippen molar-refractivity contribution < 1.29 is 9.47 Å². The summed E-state index contributed by atoms with van der Waals surface area (Å²) in [5.74, 6) is 2.32. The molecule has 0 spiro atoms. The molecule has 0 bridgehead atoms. The maximum Gasteiger partial charge on any atom is 0.118 e. The van der Waals surface area contributed by atoms with Crippen molar-refractivity contribution in [3.8, 4) is 5.75 Å². The fourth-order valence-electron chi connectivity index (χ4n) is 2.40. The lowest BCUT2D eigenvalue weighted by molar-refractivity contribution is 0.0596. The van der Waals surface area contributed by atoms with Crippen molar-refractivity contribution in [2.45, 2.75) is 25.7 Å². The minimum absolute atomic E-state index is 0.620. The molecule has 1 fully saturated rings. The van der Waals surface area contributed by atoms with Gasteiger partial charge in [0.15, 0.2) is 0 Å². The molecule has 0 amide bonds. The minimum Gasteiger partial charge on any atom is -0.497 e. The van der Waals surface area contributed by atoms with Crippen molar-refractivity contribution in [2.24, 2.45) is 5.92 Å². The Morgan fingerprint density at radius 2 is 1.81 bits per heavy atom. The number of methoxy groups -OCH3 is 1. The molecular weight excluding hydrogens is 200 g/mol. The Balaban J connectivity index is 2.04. The molecule has 1 saturated heterocycles. The minimum atomic E-state index is 0.620. The Morgan fingerprint density at radius 3 is 2.38 bits per heavy atom. The third-order valence-corrected chi connectivity index (χ3v) is 3.61. The normalized spacial score (nSPS) is 19.4. The number of hydrogen-bond donors (Lipinski definition) is 0. The van der Waals surface area contributed by atoms with Gasteiger partial charge in [0.05, 0.1) is 7.11 Å². The van der Waals surface area contributed by atoms with Crippen LogP contribution < -0.4 is 4.74 Å². The Hall–Kier alpha value is -1.02. The summed E-state index contributed by atoms with van der Waals surface area (Å²) in [4.78, 5) is 0. The van der Waals surface area contributed by atoms with Crippen molar-refractivity contribution in [3.63, 3.8) is 0 Å². The first kappa shape index (κ1) is 11.5. The van der Waals surface area contributed by atoms with E-state index in [9.17, 15) is 0 Å². The maximum atomic E-state index is 5.40. The van der Waals surface area contributed by atoms with E-state index in [0.29, 0.717) is 5.92 Å². The summed E-state index contributed by atoms with van der Waals surface area (Å²) in [5.41, 5.74) is 1.41. The highest BCUT2D eigenvalue weighted by atomic mass is 16.5. The van der Waals surface area contributed by atoms with Gasteiger partial charge < -0.3 is 9.47 Å². The summed E-state index contributed by atoms with van der Waals surface area (Å²) < 4.78 is 10.6. The lowest BCUT2D eigenvalue weighted by Gasteiger charge is -2.28. The average molecular weight is 220 g/mol. The summed E-state index contributed by atoms with van der Waals surface area (Å²) in [6.07, 6.45) is 2.38. The van der Waals surface area contributed by atoms with Gasteiger partial charge in [0, 0.05) is 13.2 Å². The zero-order valence-corrected chi connectivity index (χ0v) is 10.1. The van der Waals surface area contributed by atoms with Gasteiger partial charge in [0.2, 0.25) is 0 Å². The van der Waals surface area contributed by atoms with Gasteiger partial charge in [-0.1, -0.05) is 19.1 Å². The van der Waals surface area contributed by atoms with Crippen molar-refractivity contribution in [3.05, 3.63) is 29.8 Å². The highest BCUT2D eigenvalue weighted by molar-refractivity contribution is 5.29. The molecule has 2 nitrogen and oxygen atoms in total. The van der Waals surface area contributed by atoms with Gasteiger partial charge in [-0.05, 0) is 42.4 Å². The molecule has 1 aliphatic rings. The van der Waals surface area contributed by atoms with Crippen molar-refractivity contribution >= 4 is 0 Å². The fraction of sp³-hybridized carbons (Fsp3) is 0.571. The number of ether oxygens (including phenoxy) is 2. The zero-order valence-electron chi connectivity index (χ0n) is 10.1. The van der Waals surface area contributed by atoms with Crippen LogP contribution in [0.4, 0.5) is 0 Å². The second kappa shape index (κ2) is 5.35. The van der Waals surface area contributed by atoms with Crippen LogP contribution in [0.25, 0.3) is 0 Å². The smallest absolute Gasteiger partial charge is 0.118 e. The molecule has 0 aromatic heterocycles. The molecule has 0 saturated carbocycles. The molecule has 0 radical (unpaired) electrons. The monoisotopic (exact) mass is 220 g/mol. The molecule has 0 N–H and O–H groups in total. The third kappa shape index (κ3) is 2.56. The highest BCUT2D eigenvalue weighted by Gasteiger charge is 2.21. The highest BCUT2D eigenvalue weighted by Crippen LogP contribution is 2.32. The second-order valence-electron chi connectivity index (χ2n) is 4.51. The van der Waals surface area contributed by atoms with Gasteiger partial charge in [-0.2, -0.15) is 0 Å². The molecule has 1 aromatic rings. The van der Waals surface area contributed by atoms with E-state index in [0.717, 1.165) is 24.9 Å². The molecule has 88 valence electrons. The number of hydrogen-bond acceptors (Lipinski definition) is 2. The standard InChI is InChI=1S/C14H20O2/c1-11(13-7-9-16-10-8-13)12-3-5-14(15-2)6-4-12/h3-6,11,13H,7-10H2,1-2H3. The van der Waals surface area contributed by atoms with Gasteiger partial charge in [-0.25, -0.2) is 0 Å². The maximum absolute atomic E-state index is 5.40. The van der Waals surface area contributed by atoms with Gasteiger partial charge in [0.1, 0.15) is 5.75 Å². The average Bonchev–Trinajstić information content (AvgIpc) is 2.39. The van der Waals surface area contributed by atoms with Gasteiger partial charge in [0.25, 0.3) is 0 Å². The van der Waals surface area contributed by atoms with Crippen molar-refractivity contribution in [1.29, 1.82) is 0 Å². The van der Waals surface area contributed by atoms with E-state index < -0.39 is 0 Å². The fourth-order valence-corrected chi connectivity index (χ4v) is 2.40. The summed E-state index contributed by atoms with van der Waals surface area (Å²) in [6, 6.07) is 8.45. The van der Waals surface area contributed by atoms with Crippen LogP contribution in [0.3, 0.4) is 0 Å². The predicted octanol–water partition coefficient (Wildman–Crippen LogP) is 3.23. The van der Waals surface area contributed by atoms with Crippen LogP contribution in [0.2, 0.25) is 0 Å². The van der Waals surface area contributed by atoms with Gasteiger partial charge in [-0.3, -0.25) is 0 Å². The first-order chi connectivity index (χ1) is 7.81. The SMILES string of the molecule is COc1ccc(C(C)C2CCOCC2)cc1. The van der Waals surface area contributed by atoms with Crippen LogP contribution >= 0.6 is 0 Å². The lowest BCUT2D eigenvalue weighted by Crippen LogP contribution is -2.20. The van der Waals surface area contributed by atoms with E-state index in [1.165, 1.54) is 18.4 Å². The van der Waals surface area contributed by atoms with Gasteiger partial charge >= 0.3 is 0 Å². The van der Waals surface area contributed by atoms with E-state index in [1.807, 2.05) is 12.1 Å². The first-order valence-electron chi connectivity index (χ1n) is 6.03. The number of benzene rings is 1. The summed E-state index contributed by atoms with van der Waals surface area (Å²) in [7, 11) is 1.71. The Kier molecular flexibility index (Phi) is 3.83. The molecular formula is C14H20O2. The third-order valence-electron chi connectivity index (χ3n) is 3.61. The van der Waals surface area contributed by atoms with Crippen LogP contribution in [0, 0.1) is 5.92 Å². The largest absolute Gasteiger partial charge is 0.497 e. The summed E-state index contributed by atoms with van der Waals surface area (Å²) >= 11 is 0. The molecule has 1 unspecified atom stereocenters. The zero-order chi connectivity index (χ0) is 11.4. The van der Waals surface area contributed by atoms with E-state index in [4.69, 9.17) is 9.47 Å². The lowest BCUT2D eigenvalue weighted by atomic mass is 9.83. The Labute approximate surface area is 97.6 Å². The number of rotatable bonds is 3.